The summed E-state index contributed by atoms with van der Waals surface area (Å²) in [6.07, 6.45) is 0. The number of nitrogens with zero attached hydrogens (tertiary/aromatic N) is 2. The van der Waals surface area contributed by atoms with E-state index in [2.05, 4.69) is 11.8 Å². The molecule has 16 heavy (non-hydrogen) atoms. The monoisotopic (exact) mass is 217 g/mol. The van der Waals surface area contributed by atoms with Crippen molar-refractivity contribution in [2.24, 2.45) is 5.73 Å². The molecule has 1 aromatic carbocycles. The minimum atomic E-state index is -0.774. The van der Waals surface area contributed by atoms with Crippen molar-refractivity contribution in [2.75, 3.05) is 6.54 Å². The zero-order chi connectivity index (χ0) is 12.1. The van der Waals surface area contributed by atoms with Crippen molar-refractivity contribution >= 4 is 5.69 Å². The molecule has 0 atom stereocenters. The van der Waals surface area contributed by atoms with Gasteiger partial charge in [-0.3, -0.25) is 10.1 Å². The minimum Gasteiger partial charge on any atom is -0.501 e. The Morgan fingerprint density at radius 2 is 2.25 bits per heavy atom. The van der Waals surface area contributed by atoms with Gasteiger partial charge in [0, 0.05) is 6.07 Å². The van der Waals surface area contributed by atoms with Crippen LogP contribution in [0.1, 0.15) is 11.1 Å². The maximum absolute atomic E-state index is 10.6. The molecule has 0 fully saturated rings. The molecule has 0 aliphatic carbocycles. The Morgan fingerprint density at radius 1 is 1.56 bits per heavy atom. The van der Waals surface area contributed by atoms with E-state index in [-0.39, 0.29) is 17.7 Å². The molecule has 3 N–H and O–H groups in total. The summed E-state index contributed by atoms with van der Waals surface area (Å²) in [6, 6.07) is 4.01. The molecule has 0 saturated heterocycles. The van der Waals surface area contributed by atoms with Gasteiger partial charge in [0.2, 0.25) is 5.75 Å². The van der Waals surface area contributed by atoms with Crippen LogP contribution in [0.2, 0.25) is 0 Å². The fourth-order valence-corrected chi connectivity index (χ4v) is 1.06. The highest BCUT2D eigenvalue weighted by molar-refractivity contribution is 5.61. The molecule has 0 saturated carbocycles. The first kappa shape index (κ1) is 11.5. The topological polar surface area (TPSA) is 113 Å². The molecular weight excluding hydrogens is 210 g/mol. The number of benzene rings is 1. The van der Waals surface area contributed by atoms with Crippen molar-refractivity contribution in [1.29, 1.82) is 5.26 Å². The summed E-state index contributed by atoms with van der Waals surface area (Å²) in [6.45, 7) is 0.0595. The van der Waals surface area contributed by atoms with Gasteiger partial charge in [0.25, 0.3) is 0 Å². The average molecular weight is 217 g/mol. The van der Waals surface area contributed by atoms with E-state index in [1.54, 1.807) is 6.07 Å². The number of rotatable bonds is 1. The number of nitriles is 1. The predicted octanol–water partition coefficient (Wildman–Crippen LogP) is 0.482. The molecule has 6 heteroatoms. The number of phenols is 1. The number of hydrogen-bond donors (Lipinski definition) is 2. The average Bonchev–Trinajstić information content (AvgIpc) is 2.27. The Bertz CT molecular complexity index is 535. The van der Waals surface area contributed by atoms with Crippen LogP contribution in [0.5, 0.6) is 5.75 Å². The van der Waals surface area contributed by atoms with Gasteiger partial charge >= 0.3 is 5.69 Å². The van der Waals surface area contributed by atoms with Gasteiger partial charge in [-0.05, 0) is 6.07 Å². The highest BCUT2D eigenvalue weighted by Crippen LogP contribution is 2.30. The van der Waals surface area contributed by atoms with Gasteiger partial charge < -0.3 is 10.8 Å². The number of nitro groups is 1. The van der Waals surface area contributed by atoms with Crippen LogP contribution in [-0.4, -0.2) is 16.6 Å². The van der Waals surface area contributed by atoms with Gasteiger partial charge in [0.05, 0.1) is 28.7 Å². The standard InChI is InChI=1S/C10H7N3O3/c11-3-1-2-8-4-7(6-12)5-9(10(8)14)13(15)16/h4-5,14H,3,11H2. The van der Waals surface area contributed by atoms with Crippen LogP contribution in [-0.2, 0) is 0 Å². The van der Waals surface area contributed by atoms with Crippen LogP contribution in [0, 0.1) is 33.3 Å². The van der Waals surface area contributed by atoms with Crippen LogP contribution in [0.25, 0.3) is 0 Å². The van der Waals surface area contributed by atoms with Crippen LogP contribution >= 0.6 is 0 Å². The lowest BCUT2D eigenvalue weighted by molar-refractivity contribution is -0.385. The van der Waals surface area contributed by atoms with Gasteiger partial charge in [-0.1, -0.05) is 11.8 Å². The lowest BCUT2D eigenvalue weighted by Crippen LogP contribution is -1.95. The van der Waals surface area contributed by atoms with Gasteiger partial charge in [-0.15, -0.1) is 0 Å². The van der Waals surface area contributed by atoms with E-state index < -0.39 is 16.4 Å². The summed E-state index contributed by atoms with van der Waals surface area (Å²) in [5.41, 5.74) is 4.68. The van der Waals surface area contributed by atoms with E-state index in [9.17, 15) is 15.2 Å². The first-order chi connectivity index (χ1) is 7.60. The normalized spacial score (nSPS) is 8.75. The highest BCUT2D eigenvalue weighted by Gasteiger charge is 2.18. The summed E-state index contributed by atoms with van der Waals surface area (Å²) in [5, 5.41) is 28.7. The predicted molar refractivity (Wildman–Crippen MR) is 55.4 cm³/mol. The van der Waals surface area contributed by atoms with Gasteiger partial charge in [0.1, 0.15) is 0 Å². The summed E-state index contributed by atoms with van der Waals surface area (Å²) in [5.74, 6) is 4.36. The Kier molecular flexibility index (Phi) is 3.44. The fourth-order valence-electron chi connectivity index (χ4n) is 1.06. The van der Waals surface area contributed by atoms with Gasteiger partial charge in [0.15, 0.2) is 0 Å². The molecule has 0 amide bonds. The third kappa shape index (κ3) is 2.27. The number of aromatic hydroxyl groups is 1. The van der Waals surface area contributed by atoms with Gasteiger partial charge in [-0.2, -0.15) is 5.26 Å². The van der Waals surface area contributed by atoms with E-state index in [1.807, 2.05) is 0 Å². The van der Waals surface area contributed by atoms with Crippen molar-refractivity contribution in [3.05, 3.63) is 33.4 Å². The third-order valence-corrected chi connectivity index (χ3v) is 1.74. The molecule has 1 rings (SSSR count). The van der Waals surface area contributed by atoms with E-state index in [0.717, 1.165) is 6.07 Å². The Hall–Kier alpha value is -2.57. The smallest absolute Gasteiger partial charge is 0.313 e. The summed E-state index contributed by atoms with van der Waals surface area (Å²) >= 11 is 0. The second kappa shape index (κ2) is 4.78. The van der Waals surface area contributed by atoms with Crippen molar-refractivity contribution < 1.29 is 10.0 Å². The van der Waals surface area contributed by atoms with Crippen LogP contribution in [0.4, 0.5) is 5.69 Å². The first-order valence-electron chi connectivity index (χ1n) is 4.20. The molecule has 0 spiro atoms. The second-order valence-corrected chi connectivity index (χ2v) is 2.77. The zero-order valence-corrected chi connectivity index (χ0v) is 8.10. The number of nitro benzene ring substituents is 1. The Morgan fingerprint density at radius 3 is 2.75 bits per heavy atom. The number of phenolic OH excluding ortho intramolecular Hbond substituents is 1. The molecule has 0 radical (unpaired) electrons. The third-order valence-electron chi connectivity index (χ3n) is 1.74. The zero-order valence-electron chi connectivity index (χ0n) is 8.10. The number of nitrogens with two attached hydrogens (primary N) is 1. The summed E-state index contributed by atoms with van der Waals surface area (Å²) in [4.78, 5) is 9.81. The molecule has 6 nitrogen and oxygen atoms in total. The summed E-state index contributed by atoms with van der Waals surface area (Å²) in [7, 11) is 0. The first-order valence-corrected chi connectivity index (χ1v) is 4.20. The van der Waals surface area contributed by atoms with Crippen LogP contribution < -0.4 is 5.73 Å². The Labute approximate surface area is 91.1 Å². The van der Waals surface area contributed by atoms with Crippen LogP contribution in [0.3, 0.4) is 0 Å². The van der Waals surface area contributed by atoms with Crippen molar-refractivity contribution in [1.82, 2.24) is 0 Å². The lowest BCUT2D eigenvalue weighted by Gasteiger charge is -1.99. The largest absolute Gasteiger partial charge is 0.501 e. The Balaban J connectivity index is 3.44. The minimum absolute atomic E-state index is 0.0243. The molecule has 0 aliphatic heterocycles. The molecule has 0 bridgehead atoms. The van der Waals surface area contributed by atoms with E-state index in [0.29, 0.717) is 0 Å². The fraction of sp³-hybridized carbons (Fsp3) is 0.100. The highest BCUT2D eigenvalue weighted by atomic mass is 16.6. The van der Waals surface area contributed by atoms with Crippen molar-refractivity contribution in [3.8, 4) is 23.7 Å². The SMILES string of the molecule is N#Cc1cc(C#CCN)c(O)c([N+](=O)[O-])c1. The van der Waals surface area contributed by atoms with E-state index in [4.69, 9.17) is 11.0 Å². The molecular formula is C10H7N3O3. The van der Waals surface area contributed by atoms with Crippen molar-refractivity contribution in [3.63, 3.8) is 0 Å². The number of hydrogen-bond acceptors (Lipinski definition) is 5. The molecule has 80 valence electrons. The van der Waals surface area contributed by atoms with Crippen molar-refractivity contribution in [2.45, 2.75) is 0 Å². The van der Waals surface area contributed by atoms with E-state index in [1.165, 1.54) is 6.07 Å². The second-order valence-electron chi connectivity index (χ2n) is 2.77. The maximum Gasteiger partial charge on any atom is 0.313 e. The summed E-state index contributed by atoms with van der Waals surface area (Å²) < 4.78 is 0. The van der Waals surface area contributed by atoms with Gasteiger partial charge in [-0.25, -0.2) is 0 Å². The van der Waals surface area contributed by atoms with E-state index >= 15 is 0 Å². The van der Waals surface area contributed by atoms with Crippen LogP contribution in [0.15, 0.2) is 12.1 Å². The lowest BCUT2D eigenvalue weighted by atomic mass is 10.1. The molecule has 0 unspecified atom stereocenters. The molecule has 0 aliphatic rings. The quantitative estimate of drug-likeness (QED) is 0.403. The molecule has 1 aromatic rings. The maximum atomic E-state index is 10.6. The molecule has 0 heterocycles. The molecule has 0 aromatic heterocycles.